The number of nitrogens with two attached hydrogens (primary N) is 1. The summed E-state index contributed by atoms with van der Waals surface area (Å²) in [6.45, 7) is 2.77. The Labute approximate surface area is 119 Å². The molecule has 0 aromatic rings. The molecule has 0 aliphatic carbocycles. The van der Waals surface area contributed by atoms with Gasteiger partial charge < -0.3 is 15.5 Å². The van der Waals surface area contributed by atoms with E-state index >= 15 is 0 Å². The number of rotatable bonds is 5. The third-order valence-corrected chi connectivity index (χ3v) is 5.57. The first-order chi connectivity index (χ1) is 8.41. The van der Waals surface area contributed by atoms with Gasteiger partial charge in [0.15, 0.2) is 0 Å². The average Bonchev–Trinajstić information content (AvgIpc) is 2.36. The van der Waals surface area contributed by atoms with Gasteiger partial charge in [-0.2, -0.15) is 11.8 Å². The van der Waals surface area contributed by atoms with Gasteiger partial charge in [-0.1, -0.05) is 12.2 Å². The third kappa shape index (κ3) is 3.83. The number of carbonyl (C=O) groups excluding carboxylic acids is 1. The van der Waals surface area contributed by atoms with Gasteiger partial charge in [0, 0.05) is 27.1 Å². The van der Waals surface area contributed by atoms with E-state index in [-0.39, 0.29) is 10.7 Å². The van der Waals surface area contributed by atoms with Gasteiger partial charge in [-0.15, -0.1) is 0 Å². The van der Waals surface area contributed by atoms with Gasteiger partial charge in [-0.05, 0) is 32.2 Å². The summed E-state index contributed by atoms with van der Waals surface area (Å²) in [6.07, 6.45) is 4.63. The van der Waals surface area contributed by atoms with Gasteiger partial charge >= 0.3 is 0 Å². The van der Waals surface area contributed by atoms with Crippen molar-refractivity contribution in [3.05, 3.63) is 0 Å². The van der Waals surface area contributed by atoms with E-state index in [9.17, 15) is 4.79 Å². The van der Waals surface area contributed by atoms with Crippen molar-refractivity contribution in [3.63, 3.8) is 0 Å². The van der Waals surface area contributed by atoms with E-state index in [0.717, 1.165) is 32.5 Å². The van der Waals surface area contributed by atoms with E-state index in [1.807, 2.05) is 0 Å². The lowest BCUT2D eigenvalue weighted by atomic mass is 9.95. The van der Waals surface area contributed by atoms with Crippen molar-refractivity contribution in [1.82, 2.24) is 9.80 Å². The van der Waals surface area contributed by atoms with Crippen molar-refractivity contribution >= 4 is 34.9 Å². The lowest BCUT2D eigenvalue weighted by molar-refractivity contribution is -0.129. The van der Waals surface area contributed by atoms with E-state index in [1.165, 1.54) is 0 Å². The van der Waals surface area contributed by atoms with E-state index in [1.54, 1.807) is 30.8 Å². The highest BCUT2D eigenvalue weighted by atomic mass is 32.2. The van der Waals surface area contributed by atoms with E-state index in [2.05, 4.69) is 11.2 Å². The second-order valence-electron chi connectivity index (χ2n) is 4.94. The minimum atomic E-state index is -0.0304. The molecule has 1 aliphatic heterocycles. The molecule has 4 nitrogen and oxygen atoms in total. The molecule has 1 heterocycles. The zero-order valence-electron chi connectivity index (χ0n) is 11.4. The van der Waals surface area contributed by atoms with Gasteiger partial charge in [0.25, 0.3) is 0 Å². The highest BCUT2D eigenvalue weighted by Gasteiger charge is 2.36. The van der Waals surface area contributed by atoms with E-state index in [0.29, 0.717) is 11.4 Å². The summed E-state index contributed by atoms with van der Waals surface area (Å²) in [5.74, 6) is 0.186. The molecule has 1 fully saturated rings. The van der Waals surface area contributed by atoms with Crippen LogP contribution in [-0.4, -0.2) is 65.4 Å². The summed E-state index contributed by atoms with van der Waals surface area (Å²) in [6, 6.07) is 0. The van der Waals surface area contributed by atoms with E-state index < -0.39 is 0 Å². The lowest BCUT2D eigenvalue weighted by Gasteiger charge is -2.40. The van der Waals surface area contributed by atoms with Crippen LogP contribution in [0.25, 0.3) is 0 Å². The molecule has 1 aliphatic rings. The summed E-state index contributed by atoms with van der Waals surface area (Å²) in [5.41, 5.74) is 5.85. The Morgan fingerprint density at radius 3 is 2.39 bits per heavy atom. The molecule has 0 atom stereocenters. The van der Waals surface area contributed by atoms with Crippen LogP contribution in [0.2, 0.25) is 0 Å². The van der Waals surface area contributed by atoms with Crippen LogP contribution < -0.4 is 5.73 Å². The Morgan fingerprint density at radius 1 is 1.44 bits per heavy atom. The Morgan fingerprint density at radius 2 is 2.00 bits per heavy atom. The molecule has 0 spiro atoms. The average molecular weight is 289 g/mol. The number of hydrogen-bond acceptors (Lipinski definition) is 4. The molecule has 0 radical (unpaired) electrons. The van der Waals surface area contributed by atoms with Crippen molar-refractivity contribution in [3.8, 4) is 0 Å². The van der Waals surface area contributed by atoms with Crippen molar-refractivity contribution in [2.24, 2.45) is 5.73 Å². The zero-order chi connectivity index (χ0) is 13.8. The predicted octanol–water partition coefficient (Wildman–Crippen LogP) is 0.948. The van der Waals surface area contributed by atoms with Gasteiger partial charge in [0.1, 0.15) is 0 Å². The van der Waals surface area contributed by atoms with Crippen LogP contribution in [0.1, 0.15) is 19.3 Å². The van der Waals surface area contributed by atoms with Gasteiger partial charge in [0.05, 0.1) is 9.74 Å². The third-order valence-electron chi connectivity index (χ3n) is 3.64. The normalized spacial score (nSPS) is 19.5. The fourth-order valence-corrected chi connectivity index (χ4v) is 3.41. The largest absolute Gasteiger partial charge is 0.392 e. The number of piperidine rings is 1. The van der Waals surface area contributed by atoms with E-state index in [4.69, 9.17) is 18.0 Å². The first kappa shape index (κ1) is 15.7. The maximum atomic E-state index is 11.5. The molecule has 1 amide bonds. The second-order valence-corrected chi connectivity index (χ2v) is 6.57. The molecular weight excluding hydrogens is 266 g/mol. The van der Waals surface area contributed by atoms with Crippen LogP contribution in [0.15, 0.2) is 0 Å². The van der Waals surface area contributed by atoms with Crippen molar-refractivity contribution in [2.45, 2.75) is 24.0 Å². The molecule has 18 heavy (non-hydrogen) atoms. The number of amides is 1. The molecule has 0 saturated carbocycles. The topological polar surface area (TPSA) is 49.6 Å². The lowest BCUT2D eigenvalue weighted by Crippen LogP contribution is -2.49. The van der Waals surface area contributed by atoms with Crippen LogP contribution in [0, 0.1) is 0 Å². The summed E-state index contributed by atoms with van der Waals surface area (Å²) >= 11 is 6.95. The summed E-state index contributed by atoms with van der Waals surface area (Å²) in [7, 11) is 3.59. The highest BCUT2D eigenvalue weighted by Crippen LogP contribution is 2.34. The van der Waals surface area contributed by atoms with Crippen molar-refractivity contribution in [2.75, 3.05) is 40.0 Å². The van der Waals surface area contributed by atoms with Crippen LogP contribution >= 0.6 is 24.0 Å². The minimum Gasteiger partial charge on any atom is -0.392 e. The monoisotopic (exact) mass is 289 g/mol. The fourth-order valence-electron chi connectivity index (χ4n) is 2.17. The molecule has 0 aromatic carbocycles. The first-order valence-electron chi connectivity index (χ1n) is 6.19. The molecule has 0 unspecified atom stereocenters. The second kappa shape index (κ2) is 6.73. The SMILES string of the molecule is CSC1(C(N)=S)CCN(CCC(=O)N(C)C)CC1. The maximum Gasteiger partial charge on any atom is 0.223 e. The van der Waals surface area contributed by atoms with Crippen molar-refractivity contribution < 1.29 is 4.79 Å². The summed E-state index contributed by atoms with van der Waals surface area (Å²) < 4.78 is -0.0304. The Hall–Kier alpha value is -0.330. The van der Waals surface area contributed by atoms with Gasteiger partial charge in [-0.25, -0.2) is 0 Å². The number of thiocarbonyl (C=S) groups is 1. The van der Waals surface area contributed by atoms with Crippen LogP contribution in [0.5, 0.6) is 0 Å². The summed E-state index contributed by atoms with van der Waals surface area (Å²) in [4.78, 5) is 16.1. The Kier molecular flexibility index (Phi) is 5.88. The molecule has 104 valence electrons. The van der Waals surface area contributed by atoms with Crippen LogP contribution in [-0.2, 0) is 4.79 Å². The highest BCUT2D eigenvalue weighted by molar-refractivity contribution is 8.02. The predicted molar refractivity (Wildman–Crippen MR) is 82.0 cm³/mol. The number of carbonyl (C=O) groups is 1. The van der Waals surface area contributed by atoms with Crippen molar-refractivity contribution in [1.29, 1.82) is 0 Å². The zero-order valence-corrected chi connectivity index (χ0v) is 13.1. The molecule has 0 aromatic heterocycles. The Balaban J connectivity index is 2.40. The molecule has 1 saturated heterocycles. The number of thioether (sulfide) groups is 1. The van der Waals surface area contributed by atoms with Crippen LogP contribution in [0.4, 0.5) is 0 Å². The Bertz CT molecular complexity index is 312. The molecule has 2 N–H and O–H groups in total. The molecule has 1 rings (SSSR count). The van der Waals surface area contributed by atoms with Gasteiger partial charge in [0.2, 0.25) is 5.91 Å². The van der Waals surface area contributed by atoms with Crippen LogP contribution in [0.3, 0.4) is 0 Å². The molecule has 6 heteroatoms. The minimum absolute atomic E-state index is 0.0304. The number of likely N-dealkylation sites (tertiary alicyclic amines) is 1. The maximum absolute atomic E-state index is 11.5. The first-order valence-corrected chi connectivity index (χ1v) is 7.82. The summed E-state index contributed by atoms with van der Waals surface area (Å²) in [5, 5.41) is 0. The fraction of sp³-hybridized carbons (Fsp3) is 0.833. The quantitative estimate of drug-likeness (QED) is 0.764. The standard InChI is InChI=1S/C12H23N3OS2/c1-14(2)10(16)4-7-15-8-5-12(18-3,6-9-15)11(13)17/h4-9H2,1-3H3,(H2,13,17). The van der Waals surface area contributed by atoms with Gasteiger partial charge in [-0.3, -0.25) is 4.79 Å². The molecule has 0 bridgehead atoms. The smallest absolute Gasteiger partial charge is 0.223 e. The molecular formula is C12H23N3OS2. The number of nitrogens with zero attached hydrogens (tertiary/aromatic N) is 2. The number of hydrogen-bond donors (Lipinski definition) is 1.